The molecule has 0 bridgehead atoms. The van der Waals surface area contributed by atoms with Gasteiger partial charge < -0.3 is 14.2 Å². The predicted molar refractivity (Wildman–Crippen MR) is 123 cm³/mol. The van der Waals surface area contributed by atoms with E-state index in [1.54, 1.807) is 0 Å². The molecule has 3 nitrogen and oxygen atoms in total. The summed E-state index contributed by atoms with van der Waals surface area (Å²) in [5, 5.41) is 0. The fourth-order valence-corrected chi connectivity index (χ4v) is 3.84. The lowest BCUT2D eigenvalue weighted by Crippen LogP contribution is -2.51. The first-order valence-corrected chi connectivity index (χ1v) is 12.0. The van der Waals surface area contributed by atoms with Crippen LogP contribution in [0.2, 0.25) is 0 Å². The van der Waals surface area contributed by atoms with Crippen molar-refractivity contribution in [3.8, 4) is 0 Å². The molecule has 0 aliphatic rings. The zero-order chi connectivity index (χ0) is 22.6. The topological polar surface area (TPSA) is 27.7 Å². The Labute approximate surface area is 184 Å². The van der Waals surface area contributed by atoms with Crippen LogP contribution in [-0.2, 0) is 20.6 Å². The van der Waals surface area contributed by atoms with E-state index in [4.69, 9.17) is 14.2 Å². The van der Waals surface area contributed by atoms with Crippen LogP contribution in [0.15, 0.2) is 24.3 Å². The predicted octanol–water partition coefficient (Wildman–Crippen LogP) is 7.66. The number of unbranched alkanes of at least 4 members (excludes halogenated alkanes) is 5. The van der Waals surface area contributed by atoms with E-state index in [1.807, 2.05) is 53.7 Å². The van der Waals surface area contributed by atoms with Gasteiger partial charge in [0.1, 0.15) is 5.82 Å². The number of rotatable bonds is 16. The summed E-state index contributed by atoms with van der Waals surface area (Å²) in [4.78, 5) is 0. The second-order valence-corrected chi connectivity index (χ2v) is 9.19. The molecular formula is C26H45FO3. The van der Waals surface area contributed by atoms with Crippen LogP contribution in [0.25, 0.3) is 0 Å². The molecule has 4 heteroatoms. The Hall–Kier alpha value is -0.970. The van der Waals surface area contributed by atoms with Gasteiger partial charge in [-0.1, -0.05) is 57.6 Å². The second kappa shape index (κ2) is 14.2. The third-order valence-corrected chi connectivity index (χ3v) is 5.00. The van der Waals surface area contributed by atoms with Gasteiger partial charge in [0, 0.05) is 5.92 Å². The minimum Gasteiger partial charge on any atom is -0.324 e. The number of hydrogen-bond acceptors (Lipinski definition) is 3. The molecule has 0 amide bonds. The SMILES string of the molecule is CCCCCCCCC(Cc1ccc(F)cc1)C(OC(C)C)(OC(C)C)OC(C)C. The summed E-state index contributed by atoms with van der Waals surface area (Å²) in [5.41, 5.74) is 1.07. The average molecular weight is 425 g/mol. The Morgan fingerprint density at radius 1 is 0.733 bits per heavy atom. The van der Waals surface area contributed by atoms with Crippen LogP contribution in [0.5, 0.6) is 0 Å². The highest BCUT2D eigenvalue weighted by atomic mass is 19.1. The average Bonchev–Trinajstić information content (AvgIpc) is 2.63. The van der Waals surface area contributed by atoms with Gasteiger partial charge in [0.25, 0.3) is 5.97 Å². The van der Waals surface area contributed by atoms with Crippen LogP contribution in [0.4, 0.5) is 4.39 Å². The molecule has 0 aliphatic carbocycles. The smallest absolute Gasteiger partial charge is 0.286 e. The van der Waals surface area contributed by atoms with Crippen LogP contribution in [0.1, 0.15) is 99.0 Å². The number of hydrogen-bond donors (Lipinski definition) is 0. The van der Waals surface area contributed by atoms with Crippen LogP contribution in [-0.4, -0.2) is 24.3 Å². The van der Waals surface area contributed by atoms with Crippen molar-refractivity contribution >= 4 is 0 Å². The van der Waals surface area contributed by atoms with E-state index in [0.717, 1.165) is 24.8 Å². The summed E-state index contributed by atoms with van der Waals surface area (Å²) in [6.07, 6.45) is 8.94. The highest BCUT2D eigenvalue weighted by Crippen LogP contribution is 2.36. The summed E-state index contributed by atoms with van der Waals surface area (Å²) in [5.74, 6) is -1.32. The van der Waals surface area contributed by atoms with E-state index < -0.39 is 5.97 Å². The van der Waals surface area contributed by atoms with E-state index in [2.05, 4.69) is 6.92 Å². The largest absolute Gasteiger partial charge is 0.324 e. The van der Waals surface area contributed by atoms with Gasteiger partial charge in [0.2, 0.25) is 0 Å². The Morgan fingerprint density at radius 3 is 1.67 bits per heavy atom. The van der Waals surface area contributed by atoms with Gasteiger partial charge in [-0.3, -0.25) is 0 Å². The maximum atomic E-state index is 13.5. The van der Waals surface area contributed by atoms with E-state index in [-0.39, 0.29) is 30.0 Å². The zero-order valence-electron chi connectivity index (χ0n) is 20.4. The molecule has 0 spiro atoms. The van der Waals surface area contributed by atoms with Gasteiger partial charge in [-0.25, -0.2) is 4.39 Å². The molecule has 174 valence electrons. The van der Waals surface area contributed by atoms with Crippen LogP contribution in [0.3, 0.4) is 0 Å². The molecule has 1 atom stereocenters. The second-order valence-electron chi connectivity index (χ2n) is 9.19. The highest BCUT2D eigenvalue weighted by molar-refractivity contribution is 5.17. The minimum atomic E-state index is -1.12. The van der Waals surface area contributed by atoms with Gasteiger partial charge in [-0.15, -0.1) is 0 Å². The molecule has 0 heterocycles. The van der Waals surface area contributed by atoms with Gasteiger partial charge in [0.15, 0.2) is 0 Å². The summed E-state index contributed by atoms with van der Waals surface area (Å²) < 4.78 is 32.6. The van der Waals surface area contributed by atoms with Crippen molar-refractivity contribution in [3.05, 3.63) is 35.6 Å². The van der Waals surface area contributed by atoms with Crippen molar-refractivity contribution in [2.75, 3.05) is 0 Å². The standard InChI is InChI=1S/C26H45FO3/c1-8-9-10-11-12-13-14-24(19-23-15-17-25(27)18-16-23)26(28-20(2)3,29-21(4)5)30-22(6)7/h15-18,20-22,24H,8-14,19H2,1-7H3. The van der Waals surface area contributed by atoms with Crippen molar-refractivity contribution in [1.82, 2.24) is 0 Å². The maximum Gasteiger partial charge on any atom is 0.286 e. The maximum absolute atomic E-state index is 13.5. The molecule has 1 rings (SSSR count). The Balaban J connectivity index is 3.11. The molecule has 0 saturated heterocycles. The van der Waals surface area contributed by atoms with Gasteiger partial charge in [-0.05, 0) is 72.1 Å². The third-order valence-electron chi connectivity index (χ3n) is 5.00. The summed E-state index contributed by atoms with van der Waals surface area (Å²) >= 11 is 0. The normalized spacial score (nSPS) is 13.6. The first-order chi connectivity index (χ1) is 14.2. The summed E-state index contributed by atoms with van der Waals surface area (Å²) in [6.45, 7) is 14.3. The van der Waals surface area contributed by atoms with E-state index in [9.17, 15) is 4.39 Å². The molecule has 0 aromatic heterocycles. The van der Waals surface area contributed by atoms with Gasteiger partial charge in [-0.2, -0.15) is 0 Å². The first-order valence-electron chi connectivity index (χ1n) is 12.0. The van der Waals surface area contributed by atoms with Crippen molar-refractivity contribution < 1.29 is 18.6 Å². The van der Waals surface area contributed by atoms with Crippen LogP contribution >= 0.6 is 0 Å². The molecule has 0 fully saturated rings. The zero-order valence-corrected chi connectivity index (χ0v) is 20.4. The molecule has 1 aromatic carbocycles. The Bertz CT molecular complexity index is 527. The fraction of sp³-hybridized carbons (Fsp3) is 0.769. The number of halogens is 1. The van der Waals surface area contributed by atoms with Crippen molar-refractivity contribution in [2.45, 2.75) is 124 Å². The molecule has 1 unspecified atom stereocenters. The monoisotopic (exact) mass is 424 g/mol. The van der Waals surface area contributed by atoms with Crippen molar-refractivity contribution in [3.63, 3.8) is 0 Å². The molecule has 0 saturated carbocycles. The van der Waals surface area contributed by atoms with Crippen LogP contribution < -0.4 is 0 Å². The van der Waals surface area contributed by atoms with E-state index >= 15 is 0 Å². The third kappa shape index (κ3) is 10.4. The van der Waals surface area contributed by atoms with Gasteiger partial charge >= 0.3 is 0 Å². The van der Waals surface area contributed by atoms with Crippen molar-refractivity contribution in [1.29, 1.82) is 0 Å². The fourth-order valence-electron chi connectivity index (χ4n) is 3.84. The molecule has 0 N–H and O–H groups in total. The summed E-state index contributed by atoms with van der Waals surface area (Å²) in [6, 6.07) is 6.76. The lowest BCUT2D eigenvalue weighted by Gasteiger charge is -2.43. The Morgan fingerprint density at radius 2 is 1.20 bits per heavy atom. The molecule has 0 aliphatic heterocycles. The minimum absolute atomic E-state index is 0.0151. The van der Waals surface area contributed by atoms with Crippen LogP contribution in [0, 0.1) is 11.7 Å². The lowest BCUT2D eigenvalue weighted by molar-refractivity contribution is -0.432. The highest BCUT2D eigenvalue weighted by Gasteiger charge is 2.45. The molecule has 30 heavy (non-hydrogen) atoms. The number of benzene rings is 1. The Kier molecular flexibility index (Phi) is 12.8. The lowest BCUT2D eigenvalue weighted by atomic mass is 9.90. The molecule has 1 aromatic rings. The molecule has 0 radical (unpaired) electrons. The number of ether oxygens (including phenoxy) is 3. The molecular weight excluding hydrogens is 379 g/mol. The van der Waals surface area contributed by atoms with E-state index in [1.165, 1.54) is 44.2 Å². The first kappa shape index (κ1) is 27.1. The quantitative estimate of drug-likeness (QED) is 0.201. The van der Waals surface area contributed by atoms with Gasteiger partial charge in [0.05, 0.1) is 18.3 Å². The van der Waals surface area contributed by atoms with Crippen molar-refractivity contribution in [2.24, 2.45) is 5.92 Å². The van der Waals surface area contributed by atoms with E-state index in [0.29, 0.717) is 0 Å². The summed E-state index contributed by atoms with van der Waals surface area (Å²) in [7, 11) is 0.